The second-order valence-corrected chi connectivity index (χ2v) is 4.73. The SMILES string of the molecule is COC(=O)[C@H]1[C@@H](C(=O)O)NC(C)(C)[C@@H]1C(=O)OC. The van der Waals surface area contributed by atoms with Gasteiger partial charge >= 0.3 is 17.9 Å². The van der Waals surface area contributed by atoms with Crippen LogP contribution >= 0.6 is 0 Å². The summed E-state index contributed by atoms with van der Waals surface area (Å²) in [5, 5.41) is 11.9. The number of carboxylic acids is 1. The Labute approximate surface area is 104 Å². The maximum Gasteiger partial charge on any atom is 0.321 e. The standard InChI is InChI=1S/C11H17NO6/c1-11(2)6(10(16)18-4)5(9(15)17-3)7(12-11)8(13)14/h5-7,12H,1-4H3,(H,13,14)/t5-,6+,7+/m1/s1. The molecule has 1 rings (SSSR count). The van der Waals surface area contributed by atoms with Crippen molar-refractivity contribution in [2.75, 3.05) is 14.2 Å². The first-order valence-electron chi connectivity index (χ1n) is 5.42. The van der Waals surface area contributed by atoms with E-state index in [1.165, 1.54) is 7.11 Å². The molecule has 0 bridgehead atoms. The van der Waals surface area contributed by atoms with Crippen LogP contribution in [0.1, 0.15) is 13.8 Å². The topological polar surface area (TPSA) is 102 Å². The van der Waals surface area contributed by atoms with Crippen LogP contribution < -0.4 is 5.32 Å². The molecule has 7 heteroatoms. The number of ether oxygens (including phenoxy) is 2. The van der Waals surface area contributed by atoms with Crippen molar-refractivity contribution in [2.24, 2.45) is 11.8 Å². The minimum absolute atomic E-state index is 0.633. The number of methoxy groups -OCH3 is 2. The van der Waals surface area contributed by atoms with Crippen LogP contribution in [-0.2, 0) is 23.9 Å². The van der Waals surface area contributed by atoms with Crippen molar-refractivity contribution in [1.29, 1.82) is 0 Å². The second kappa shape index (κ2) is 4.93. The number of esters is 2. The average Bonchev–Trinajstić information content (AvgIpc) is 2.59. The number of aliphatic carboxylic acids is 1. The lowest BCUT2D eigenvalue weighted by molar-refractivity contribution is -0.159. The third-order valence-corrected chi connectivity index (χ3v) is 3.22. The zero-order valence-electron chi connectivity index (χ0n) is 10.7. The highest BCUT2D eigenvalue weighted by atomic mass is 16.5. The van der Waals surface area contributed by atoms with E-state index in [9.17, 15) is 14.4 Å². The molecular formula is C11H17NO6. The molecule has 0 aliphatic carbocycles. The first-order chi connectivity index (χ1) is 8.26. The van der Waals surface area contributed by atoms with Gasteiger partial charge in [0.2, 0.25) is 0 Å². The molecular weight excluding hydrogens is 242 g/mol. The predicted octanol–water partition coefficient (Wildman–Crippen LogP) is -0.600. The lowest BCUT2D eigenvalue weighted by Gasteiger charge is -2.26. The van der Waals surface area contributed by atoms with Gasteiger partial charge < -0.3 is 14.6 Å². The van der Waals surface area contributed by atoms with Crippen LogP contribution in [0.15, 0.2) is 0 Å². The van der Waals surface area contributed by atoms with Gasteiger partial charge in [0.1, 0.15) is 6.04 Å². The molecule has 1 fully saturated rings. The summed E-state index contributed by atoms with van der Waals surface area (Å²) in [5.74, 6) is -4.58. The summed E-state index contributed by atoms with van der Waals surface area (Å²) < 4.78 is 9.23. The lowest BCUT2D eigenvalue weighted by Crippen LogP contribution is -2.45. The first-order valence-corrected chi connectivity index (χ1v) is 5.42. The predicted molar refractivity (Wildman–Crippen MR) is 59.7 cm³/mol. The van der Waals surface area contributed by atoms with Crippen molar-refractivity contribution in [1.82, 2.24) is 5.32 Å². The third-order valence-electron chi connectivity index (χ3n) is 3.22. The van der Waals surface area contributed by atoms with Crippen LogP contribution in [0.2, 0.25) is 0 Å². The van der Waals surface area contributed by atoms with Crippen molar-refractivity contribution in [3.05, 3.63) is 0 Å². The fourth-order valence-electron chi connectivity index (χ4n) is 2.41. The number of hydrogen-bond acceptors (Lipinski definition) is 6. The molecule has 0 amide bonds. The Balaban J connectivity index is 3.20. The molecule has 0 unspecified atom stereocenters. The van der Waals surface area contributed by atoms with Crippen LogP contribution in [0.25, 0.3) is 0 Å². The van der Waals surface area contributed by atoms with E-state index < -0.39 is 41.3 Å². The molecule has 1 saturated heterocycles. The van der Waals surface area contributed by atoms with Gasteiger partial charge in [0.05, 0.1) is 26.1 Å². The number of carboxylic acid groups (broad SMARTS) is 1. The van der Waals surface area contributed by atoms with Crippen LogP contribution in [0, 0.1) is 11.8 Å². The number of hydrogen-bond donors (Lipinski definition) is 2. The Bertz CT molecular complexity index is 378. The van der Waals surface area contributed by atoms with E-state index >= 15 is 0 Å². The zero-order valence-corrected chi connectivity index (χ0v) is 10.7. The van der Waals surface area contributed by atoms with Crippen LogP contribution in [-0.4, -0.2) is 48.8 Å². The van der Waals surface area contributed by atoms with Gasteiger partial charge in [-0.15, -0.1) is 0 Å². The highest BCUT2D eigenvalue weighted by Gasteiger charge is 2.58. The van der Waals surface area contributed by atoms with Crippen molar-refractivity contribution in [3.63, 3.8) is 0 Å². The van der Waals surface area contributed by atoms with Gasteiger partial charge in [0.15, 0.2) is 0 Å². The van der Waals surface area contributed by atoms with Gasteiger partial charge in [-0.25, -0.2) is 0 Å². The van der Waals surface area contributed by atoms with Gasteiger partial charge in [-0.1, -0.05) is 0 Å². The van der Waals surface area contributed by atoms with Crippen molar-refractivity contribution < 1.29 is 29.0 Å². The van der Waals surface area contributed by atoms with Gasteiger partial charge in [-0.05, 0) is 13.8 Å². The number of nitrogens with one attached hydrogen (secondary N) is 1. The third kappa shape index (κ3) is 2.31. The molecule has 1 aliphatic rings. The van der Waals surface area contributed by atoms with E-state index in [1.807, 2.05) is 0 Å². The molecule has 0 saturated carbocycles. The van der Waals surface area contributed by atoms with E-state index in [2.05, 4.69) is 14.8 Å². The summed E-state index contributed by atoms with van der Waals surface area (Å²) in [7, 11) is 2.35. The summed E-state index contributed by atoms with van der Waals surface area (Å²) in [4.78, 5) is 34.6. The van der Waals surface area contributed by atoms with Gasteiger partial charge in [0.25, 0.3) is 0 Å². The molecule has 102 valence electrons. The Morgan fingerprint density at radius 2 is 1.61 bits per heavy atom. The van der Waals surface area contributed by atoms with E-state index in [4.69, 9.17) is 5.11 Å². The second-order valence-electron chi connectivity index (χ2n) is 4.73. The Hall–Kier alpha value is -1.63. The molecule has 2 N–H and O–H groups in total. The van der Waals surface area contributed by atoms with Gasteiger partial charge in [0, 0.05) is 5.54 Å². The van der Waals surface area contributed by atoms with Gasteiger partial charge in [-0.2, -0.15) is 0 Å². The number of rotatable bonds is 3. The molecule has 0 aromatic heterocycles. The number of carbonyl (C=O) groups is 3. The van der Waals surface area contributed by atoms with Crippen molar-refractivity contribution >= 4 is 17.9 Å². The number of carbonyl (C=O) groups excluding carboxylic acids is 2. The molecule has 18 heavy (non-hydrogen) atoms. The largest absolute Gasteiger partial charge is 0.480 e. The highest BCUT2D eigenvalue weighted by molar-refractivity contribution is 5.90. The minimum Gasteiger partial charge on any atom is -0.480 e. The molecule has 7 nitrogen and oxygen atoms in total. The molecule has 1 heterocycles. The minimum atomic E-state index is -1.20. The quantitative estimate of drug-likeness (QED) is 0.652. The first kappa shape index (κ1) is 14.4. The monoisotopic (exact) mass is 259 g/mol. The highest BCUT2D eigenvalue weighted by Crippen LogP contribution is 2.37. The molecule has 0 spiro atoms. The molecule has 0 aromatic rings. The fourth-order valence-corrected chi connectivity index (χ4v) is 2.41. The van der Waals surface area contributed by atoms with Gasteiger partial charge in [-0.3, -0.25) is 19.7 Å². The van der Waals surface area contributed by atoms with E-state index in [1.54, 1.807) is 13.8 Å². The molecule has 1 aliphatic heterocycles. The average molecular weight is 259 g/mol. The normalized spacial score (nSPS) is 29.7. The van der Waals surface area contributed by atoms with Crippen LogP contribution in [0.4, 0.5) is 0 Å². The summed E-state index contributed by atoms with van der Waals surface area (Å²) in [6.45, 7) is 3.29. The smallest absolute Gasteiger partial charge is 0.321 e. The maximum absolute atomic E-state index is 11.8. The Morgan fingerprint density at radius 1 is 1.11 bits per heavy atom. The van der Waals surface area contributed by atoms with Crippen LogP contribution in [0.3, 0.4) is 0 Å². The summed E-state index contributed by atoms with van der Waals surface area (Å²) in [6, 6.07) is -1.17. The van der Waals surface area contributed by atoms with Crippen LogP contribution in [0.5, 0.6) is 0 Å². The Morgan fingerprint density at radius 3 is 2.00 bits per heavy atom. The maximum atomic E-state index is 11.8. The Kier molecular flexibility index (Phi) is 3.95. The molecule has 0 radical (unpaired) electrons. The van der Waals surface area contributed by atoms with E-state index in [0.717, 1.165) is 7.11 Å². The van der Waals surface area contributed by atoms with Crippen molar-refractivity contribution in [3.8, 4) is 0 Å². The summed E-state index contributed by atoms with van der Waals surface area (Å²) in [5.41, 5.74) is -0.866. The summed E-state index contributed by atoms with van der Waals surface area (Å²) >= 11 is 0. The van der Waals surface area contributed by atoms with E-state index in [0.29, 0.717) is 0 Å². The molecule has 3 atom stereocenters. The zero-order chi connectivity index (χ0) is 14.1. The van der Waals surface area contributed by atoms with E-state index in [-0.39, 0.29) is 0 Å². The fraction of sp³-hybridized carbons (Fsp3) is 0.727. The summed E-state index contributed by atoms with van der Waals surface area (Å²) in [6.07, 6.45) is 0. The lowest BCUT2D eigenvalue weighted by atomic mass is 9.81. The van der Waals surface area contributed by atoms with Crippen molar-refractivity contribution in [2.45, 2.75) is 25.4 Å². The molecule has 0 aromatic carbocycles.